The summed E-state index contributed by atoms with van der Waals surface area (Å²) in [6.45, 7) is 4.14. The number of aromatic nitrogens is 5. The van der Waals surface area contributed by atoms with Crippen LogP contribution < -0.4 is 22.1 Å². The van der Waals surface area contributed by atoms with Gasteiger partial charge in [0.25, 0.3) is 5.91 Å². The second-order valence-corrected chi connectivity index (χ2v) is 6.72. The molecule has 3 heterocycles. The number of nitrogens with one attached hydrogen (secondary N) is 2. The van der Waals surface area contributed by atoms with E-state index in [2.05, 4.69) is 30.8 Å². The Bertz CT molecular complexity index is 1020. The zero-order valence-electron chi connectivity index (χ0n) is 16.8. The molecule has 158 valence electrons. The van der Waals surface area contributed by atoms with Gasteiger partial charge in [-0.2, -0.15) is 10.2 Å². The van der Waals surface area contributed by atoms with E-state index in [1.54, 1.807) is 24.7 Å². The Morgan fingerprint density at radius 3 is 2.63 bits per heavy atom. The molecule has 1 atom stereocenters. The summed E-state index contributed by atoms with van der Waals surface area (Å²) in [5.74, 6) is -1.41. The minimum atomic E-state index is -0.812. The summed E-state index contributed by atoms with van der Waals surface area (Å²) in [6, 6.07) is 2.64. The van der Waals surface area contributed by atoms with Gasteiger partial charge >= 0.3 is 0 Å². The van der Waals surface area contributed by atoms with Gasteiger partial charge < -0.3 is 22.1 Å². The fourth-order valence-electron chi connectivity index (χ4n) is 2.93. The maximum absolute atomic E-state index is 14.5. The number of pyridine rings is 2. The number of halogens is 1. The highest BCUT2D eigenvalue weighted by atomic mass is 19.1. The Kier molecular flexibility index (Phi) is 6.52. The summed E-state index contributed by atoms with van der Waals surface area (Å²) in [5, 5.41) is 14.2. The third kappa shape index (κ3) is 4.69. The van der Waals surface area contributed by atoms with Gasteiger partial charge in [0.05, 0.1) is 35.5 Å². The quantitative estimate of drug-likeness (QED) is 0.415. The molecule has 0 aliphatic rings. The molecular weight excluding hydrogens is 389 g/mol. The predicted octanol–water partition coefficient (Wildman–Crippen LogP) is 1.89. The number of carbonyl (C=O) groups is 1. The number of nitrogens with zero attached hydrogens (tertiary/aromatic N) is 5. The largest absolute Gasteiger partial charge is 0.365 e. The second-order valence-electron chi connectivity index (χ2n) is 6.72. The van der Waals surface area contributed by atoms with Gasteiger partial charge in [-0.25, -0.2) is 9.37 Å². The fraction of sp³-hybridized carbons (Fsp3) is 0.316. The zero-order valence-corrected chi connectivity index (χ0v) is 16.8. The van der Waals surface area contributed by atoms with E-state index in [0.29, 0.717) is 23.6 Å². The van der Waals surface area contributed by atoms with E-state index in [1.807, 2.05) is 13.8 Å². The third-order valence-electron chi connectivity index (χ3n) is 4.46. The molecule has 0 saturated heterocycles. The van der Waals surface area contributed by atoms with Crippen LogP contribution in [0.4, 0.5) is 21.7 Å². The molecule has 0 aliphatic heterocycles. The molecule has 0 bridgehead atoms. The molecule has 0 aromatic carbocycles. The molecule has 0 spiro atoms. The lowest BCUT2D eigenvalue weighted by molar-refractivity contribution is 0.100. The van der Waals surface area contributed by atoms with Crippen LogP contribution in [-0.2, 0) is 0 Å². The maximum atomic E-state index is 14.5. The minimum Gasteiger partial charge on any atom is -0.365 e. The summed E-state index contributed by atoms with van der Waals surface area (Å²) in [5.41, 5.74) is 12.9. The van der Waals surface area contributed by atoms with E-state index in [1.165, 1.54) is 4.80 Å². The number of hydrogen-bond acceptors (Lipinski definition) is 8. The number of carbonyl (C=O) groups excluding carboxylic acids is 1. The molecule has 0 unspecified atom stereocenters. The van der Waals surface area contributed by atoms with Crippen molar-refractivity contribution in [3.05, 3.63) is 47.8 Å². The predicted molar refractivity (Wildman–Crippen MR) is 111 cm³/mol. The van der Waals surface area contributed by atoms with Crippen LogP contribution in [0.1, 0.15) is 35.8 Å². The average Bonchev–Trinajstić information content (AvgIpc) is 3.25. The molecule has 3 aromatic rings. The Hall–Kier alpha value is -3.60. The van der Waals surface area contributed by atoms with Gasteiger partial charge in [-0.1, -0.05) is 13.3 Å². The Morgan fingerprint density at radius 1 is 1.27 bits per heavy atom. The van der Waals surface area contributed by atoms with E-state index < -0.39 is 11.7 Å². The number of rotatable bonds is 9. The van der Waals surface area contributed by atoms with E-state index in [9.17, 15) is 9.18 Å². The lowest BCUT2D eigenvalue weighted by Crippen LogP contribution is -2.29. The maximum Gasteiger partial charge on any atom is 0.252 e. The monoisotopic (exact) mass is 413 g/mol. The standard InChI is InChI=1S/C19H24FN9O/c1-3-4-12(9-21)26-19-15(20)8-14(17(22)30)18(28-19)27-13-7-16(11(2)23-10-13)29-24-5-6-25-29/h5-8,10,12H,3-4,9,21H2,1-2H3,(H2,22,30)(H2,26,27,28)/t12-/m1/s1. The summed E-state index contributed by atoms with van der Waals surface area (Å²) in [4.78, 5) is 21.9. The number of primary amides is 1. The number of aryl methyl sites for hydroxylation is 1. The molecule has 11 heteroatoms. The van der Waals surface area contributed by atoms with Crippen LogP contribution in [0.5, 0.6) is 0 Å². The Morgan fingerprint density at radius 2 is 2.00 bits per heavy atom. The van der Waals surface area contributed by atoms with E-state index in [4.69, 9.17) is 11.5 Å². The van der Waals surface area contributed by atoms with Crippen LogP contribution in [-0.4, -0.2) is 43.5 Å². The van der Waals surface area contributed by atoms with Gasteiger partial charge in [-0.05, 0) is 25.5 Å². The molecule has 0 fully saturated rings. The van der Waals surface area contributed by atoms with Crippen LogP contribution in [0.2, 0.25) is 0 Å². The van der Waals surface area contributed by atoms with Crippen LogP contribution in [0.3, 0.4) is 0 Å². The Labute approximate surface area is 172 Å². The number of amides is 1. The SMILES string of the molecule is CCC[C@H](CN)Nc1nc(Nc2cnc(C)c(-n3nccn3)c2)c(C(N)=O)cc1F. The first-order valence-corrected chi connectivity index (χ1v) is 9.50. The summed E-state index contributed by atoms with van der Waals surface area (Å²) in [7, 11) is 0. The molecule has 1 amide bonds. The van der Waals surface area contributed by atoms with Crippen LogP contribution >= 0.6 is 0 Å². The van der Waals surface area contributed by atoms with Gasteiger partial charge in [0.1, 0.15) is 11.5 Å². The lowest BCUT2D eigenvalue weighted by atomic mass is 10.1. The lowest BCUT2D eigenvalue weighted by Gasteiger charge is -2.19. The number of hydrogen-bond donors (Lipinski definition) is 4. The topological polar surface area (TPSA) is 150 Å². The van der Waals surface area contributed by atoms with Crippen molar-refractivity contribution in [3.8, 4) is 5.69 Å². The van der Waals surface area contributed by atoms with E-state index in [0.717, 1.165) is 18.9 Å². The van der Waals surface area contributed by atoms with Crippen LogP contribution in [0.25, 0.3) is 5.69 Å². The smallest absolute Gasteiger partial charge is 0.252 e. The van der Waals surface area contributed by atoms with E-state index >= 15 is 0 Å². The molecule has 3 aromatic heterocycles. The summed E-state index contributed by atoms with van der Waals surface area (Å²) in [6.07, 6.45) is 6.29. The first kappa shape index (κ1) is 21.1. The van der Waals surface area contributed by atoms with Crippen molar-refractivity contribution < 1.29 is 9.18 Å². The van der Waals surface area contributed by atoms with Gasteiger partial charge in [0.2, 0.25) is 0 Å². The zero-order chi connectivity index (χ0) is 21.7. The second kappa shape index (κ2) is 9.27. The van der Waals surface area contributed by atoms with Gasteiger partial charge in [-0.15, -0.1) is 4.80 Å². The number of anilines is 3. The highest BCUT2D eigenvalue weighted by Crippen LogP contribution is 2.25. The van der Waals surface area contributed by atoms with Crippen molar-refractivity contribution >= 4 is 23.2 Å². The van der Waals surface area contributed by atoms with Gasteiger partial charge in [-0.3, -0.25) is 9.78 Å². The highest BCUT2D eigenvalue weighted by Gasteiger charge is 2.18. The molecule has 30 heavy (non-hydrogen) atoms. The summed E-state index contributed by atoms with van der Waals surface area (Å²) < 4.78 is 14.5. The van der Waals surface area contributed by atoms with Crippen LogP contribution in [0.15, 0.2) is 30.7 Å². The van der Waals surface area contributed by atoms with Gasteiger partial charge in [0, 0.05) is 12.6 Å². The minimum absolute atomic E-state index is 0.0135. The van der Waals surface area contributed by atoms with Gasteiger partial charge in [0.15, 0.2) is 11.6 Å². The molecule has 0 saturated carbocycles. The first-order valence-electron chi connectivity index (χ1n) is 9.50. The van der Waals surface area contributed by atoms with Crippen molar-refractivity contribution in [1.82, 2.24) is 25.0 Å². The summed E-state index contributed by atoms with van der Waals surface area (Å²) >= 11 is 0. The van der Waals surface area contributed by atoms with Crippen molar-refractivity contribution in [2.75, 3.05) is 17.2 Å². The van der Waals surface area contributed by atoms with Crippen molar-refractivity contribution in [2.24, 2.45) is 11.5 Å². The van der Waals surface area contributed by atoms with Crippen LogP contribution in [0, 0.1) is 12.7 Å². The molecule has 3 rings (SSSR count). The van der Waals surface area contributed by atoms with Crippen molar-refractivity contribution in [2.45, 2.75) is 32.7 Å². The molecule has 0 aliphatic carbocycles. The van der Waals surface area contributed by atoms with Crippen molar-refractivity contribution in [3.63, 3.8) is 0 Å². The third-order valence-corrected chi connectivity index (χ3v) is 4.46. The molecule has 6 N–H and O–H groups in total. The van der Waals surface area contributed by atoms with Crippen molar-refractivity contribution in [1.29, 1.82) is 0 Å². The van der Waals surface area contributed by atoms with E-state index in [-0.39, 0.29) is 23.2 Å². The molecular formula is C19H24FN9O. The first-order chi connectivity index (χ1) is 14.4. The number of nitrogens with two attached hydrogens (primary N) is 2. The average molecular weight is 413 g/mol. The molecule has 10 nitrogen and oxygen atoms in total. The normalized spacial score (nSPS) is 11.9. The Balaban J connectivity index is 1.97. The fourth-order valence-corrected chi connectivity index (χ4v) is 2.93. The highest BCUT2D eigenvalue weighted by molar-refractivity contribution is 5.98. The molecule has 0 radical (unpaired) electrons.